The number of hydrogen-bond donors (Lipinski definition) is 1. The molecule has 0 aliphatic carbocycles. The molecular weight excluding hydrogens is 426 g/mol. The molecule has 0 bridgehead atoms. The average molecular weight is 446 g/mol. The summed E-state index contributed by atoms with van der Waals surface area (Å²) in [5.41, 5.74) is 0.392. The van der Waals surface area contributed by atoms with Crippen molar-refractivity contribution < 1.29 is 27.1 Å². The highest BCUT2D eigenvalue weighted by atomic mass is 35.5. The molecule has 1 spiro atoms. The van der Waals surface area contributed by atoms with Crippen LogP contribution in [-0.2, 0) is 4.79 Å². The lowest BCUT2D eigenvalue weighted by atomic mass is 9.96. The third-order valence-corrected chi connectivity index (χ3v) is 5.56. The topological polar surface area (TPSA) is 54.5 Å². The predicted molar refractivity (Wildman–Crippen MR) is 104 cm³/mol. The van der Waals surface area contributed by atoms with Crippen LogP contribution in [0.25, 0.3) is 11.1 Å². The Hall–Kier alpha value is -2.39. The molecule has 162 valence electrons. The van der Waals surface area contributed by atoms with Gasteiger partial charge >= 0.3 is 6.36 Å². The summed E-state index contributed by atoms with van der Waals surface area (Å²) in [4.78, 5) is 18.5. The Balaban J connectivity index is 0.00000256. The number of likely N-dealkylation sites (N-methyl/N-ethyl adjacent to an activating group) is 1. The highest BCUT2D eigenvalue weighted by molar-refractivity contribution is 5.88. The zero-order chi connectivity index (χ0) is 20.8. The third-order valence-electron chi connectivity index (χ3n) is 5.56. The molecule has 1 aromatic heterocycles. The van der Waals surface area contributed by atoms with Crippen molar-refractivity contribution >= 4 is 18.3 Å². The second kappa shape index (κ2) is 8.03. The van der Waals surface area contributed by atoms with Gasteiger partial charge in [0, 0.05) is 25.4 Å². The number of halogens is 5. The largest absolute Gasteiger partial charge is 0.573 e. The van der Waals surface area contributed by atoms with E-state index in [0.717, 1.165) is 18.2 Å². The van der Waals surface area contributed by atoms with Gasteiger partial charge in [0.1, 0.15) is 17.1 Å². The Morgan fingerprint density at radius 1 is 1.23 bits per heavy atom. The molecule has 2 fully saturated rings. The van der Waals surface area contributed by atoms with Gasteiger partial charge in [-0.25, -0.2) is 4.39 Å². The molecule has 1 N–H and O–H groups in total. The van der Waals surface area contributed by atoms with Crippen LogP contribution in [-0.4, -0.2) is 41.3 Å². The van der Waals surface area contributed by atoms with Crippen LogP contribution >= 0.6 is 12.4 Å². The molecular formula is C20H20ClF4N3O2. The Morgan fingerprint density at radius 2 is 2.00 bits per heavy atom. The van der Waals surface area contributed by atoms with Gasteiger partial charge in [0.05, 0.1) is 11.7 Å². The average Bonchev–Trinajstić information content (AvgIpc) is 3.22. The number of alkyl halides is 3. The number of hydrogen-bond acceptors (Lipinski definition) is 4. The Kier molecular flexibility index (Phi) is 5.97. The molecule has 30 heavy (non-hydrogen) atoms. The van der Waals surface area contributed by atoms with Gasteiger partial charge in [0.2, 0.25) is 5.91 Å². The molecule has 0 unspecified atom stereocenters. The van der Waals surface area contributed by atoms with E-state index in [1.165, 1.54) is 12.3 Å². The van der Waals surface area contributed by atoms with Gasteiger partial charge in [-0.15, -0.1) is 25.6 Å². The first-order chi connectivity index (χ1) is 13.7. The summed E-state index contributed by atoms with van der Waals surface area (Å²) in [6.07, 6.45) is -1.30. The Morgan fingerprint density at radius 3 is 2.67 bits per heavy atom. The maximum absolute atomic E-state index is 14.3. The summed E-state index contributed by atoms with van der Waals surface area (Å²) in [7, 11) is 1.77. The fourth-order valence-corrected chi connectivity index (χ4v) is 4.12. The smallest absolute Gasteiger partial charge is 0.406 e. The van der Waals surface area contributed by atoms with Crippen LogP contribution in [0.1, 0.15) is 31.0 Å². The summed E-state index contributed by atoms with van der Waals surface area (Å²) < 4.78 is 55.7. The molecule has 2 aliphatic rings. The van der Waals surface area contributed by atoms with Crippen molar-refractivity contribution in [2.24, 2.45) is 0 Å². The molecule has 2 aliphatic heterocycles. The summed E-state index contributed by atoms with van der Waals surface area (Å²) >= 11 is 0. The van der Waals surface area contributed by atoms with E-state index >= 15 is 0 Å². The second-order valence-corrected chi connectivity index (χ2v) is 7.45. The van der Waals surface area contributed by atoms with Crippen LogP contribution < -0.4 is 10.1 Å². The second-order valence-electron chi connectivity index (χ2n) is 7.45. The van der Waals surface area contributed by atoms with E-state index in [0.29, 0.717) is 37.1 Å². The minimum Gasteiger partial charge on any atom is -0.406 e. The van der Waals surface area contributed by atoms with Crippen molar-refractivity contribution in [3.8, 4) is 16.9 Å². The number of amides is 1. The molecule has 5 nitrogen and oxygen atoms in total. The minimum absolute atomic E-state index is 0. The molecule has 4 rings (SSSR count). The van der Waals surface area contributed by atoms with E-state index in [9.17, 15) is 22.4 Å². The van der Waals surface area contributed by atoms with Crippen LogP contribution in [0.3, 0.4) is 0 Å². The van der Waals surface area contributed by atoms with E-state index < -0.39 is 23.5 Å². The van der Waals surface area contributed by atoms with Crippen molar-refractivity contribution in [1.29, 1.82) is 0 Å². The Labute approximate surface area is 176 Å². The molecule has 0 radical (unpaired) electrons. The number of nitrogens with zero attached hydrogens (tertiary/aromatic N) is 2. The number of rotatable bonds is 3. The van der Waals surface area contributed by atoms with E-state index in [2.05, 4.69) is 15.0 Å². The summed E-state index contributed by atoms with van der Waals surface area (Å²) in [5.74, 6) is -1.11. The first kappa shape index (κ1) is 22.3. The van der Waals surface area contributed by atoms with Gasteiger partial charge in [-0.3, -0.25) is 15.1 Å². The van der Waals surface area contributed by atoms with Gasteiger partial charge in [-0.1, -0.05) is 0 Å². The van der Waals surface area contributed by atoms with Crippen molar-refractivity contribution in [2.45, 2.75) is 37.2 Å². The number of benzene rings is 1. The SMILES string of the molecule is CN1CC[C@@]2(CC[C@H](c3cc(-c4cc(OC(F)(F)F)ccc4F)ccn3)N2)C1=O.Cl. The summed E-state index contributed by atoms with van der Waals surface area (Å²) in [6, 6.07) is 5.85. The first-order valence-corrected chi connectivity index (χ1v) is 9.22. The number of aromatic nitrogens is 1. The fraction of sp³-hybridized carbons (Fsp3) is 0.400. The van der Waals surface area contributed by atoms with E-state index in [1.807, 2.05) is 0 Å². The molecule has 2 aromatic rings. The van der Waals surface area contributed by atoms with Crippen LogP contribution in [0, 0.1) is 5.82 Å². The zero-order valence-corrected chi connectivity index (χ0v) is 16.8. The summed E-state index contributed by atoms with van der Waals surface area (Å²) in [5, 5.41) is 3.38. The van der Waals surface area contributed by atoms with Crippen molar-refractivity contribution in [1.82, 2.24) is 15.2 Å². The van der Waals surface area contributed by atoms with Crippen LogP contribution in [0.5, 0.6) is 5.75 Å². The number of pyridine rings is 1. The molecule has 2 saturated heterocycles. The first-order valence-electron chi connectivity index (χ1n) is 9.22. The lowest BCUT2D eigenvalue weighted by molar-refractivity contribution is -0.274. The van der Waals surface area contributed by atoms with Crippen molar-refractivity contribution in [3.05, 3.63) is 48.0 Å². The molecule has 10 heteroatoms. The van der Waals surface area contributed by atoms with E-state index in [1.54, 1.807) is 18.0 Å². The number of carbonyl (C=O) groups excluding carboxylic acids is 1. The lowest BCUT2D eigenvalue weighted by Crippen LogP contribution is -2.47. The molecule has 1 aromatic carbocycles. The maximum Gasteiger partial charge on any atom is 0.573 e. The van der Waals surface area contributed by atoms with Gasteiger partial charge in [0.15, 0.2) is 0 Å². The van der Waals surface area contributed by atoms with Gasteiger partial charge in [-0.2, -0.15) is 0 Å². The molecule has 1 amide bonds. The third kappa shape index (κ3) is 4.22. The number of ether oxygens (including phenoxy) is 1. The van der Waals surface area contributed by atoms with Crippen LogP contribution in [0.4, 0.5) is 17.6 Å². The molecule has 3 heterocycles. The maximum atomic E-state index is 14.3. The quantitative estimate of drug-likeness (QED) is 0.718. The minimum atomic E-state index is -4.86. The zero-order valence-electron chi connectivity index (χ0n) is 16.0. The fourth-order valence-electron chi connectivity index (χ4n) is 4.12. The van der Waals surface area contributed by atoms with Crippen molar-refractivity contribution in [2.75, 3.05) is 13.6 Å². The lowest BCUT2D eigenvalue weighted by Gasteiger charge is -2.23. The van der Waals surface area contributed by atoms with E-state index in [-0.39, 0.29) is 29.9 Å². The predicted octanol–water partition coefficient (Wildman–Crippen LogP) is 4.23. The van der Waals surface area contributed by atoms with E-state index in [4.69, 9.17) is 0 Å². The standard InChI is InChI=1S/C20H19F4N3O2.ClH/c1-27-9-7-19(18(27)28)6-4-16(26-19)17-10-12(5-8-25-17)14-11-13(2-3-15(14)21)29-20(22,23)24;/h2-3,5,8,10-11,16,26H,4,6-7,9H2,1H3;1H/t16-,19+;/m1./s1. The van der Waals surface area contributed by atoms with Gasteiger partial charge in [-0.05, 0) is 55.2 Å². The molecule has 2 atom stereocenters. The monoisotopic (exact) mass is 445 g/mol. The normalized spacial score (nSPS) is 23.7. The van der Waals surface area contributed by atoms with Crippen molar-refractivity contribution in [3.63, 3.8) is 0 Å². The highest BCUT2D eigenvalue weighted by Gasteiger charge is 2.50. The number of carbonyl (C=O) groups is 1. The number of nitrogens with one attached hydrogen (secondary N) is 1. The molecule has 0 saturated carbocycles. The highest BCUT2D eigenvalue weighted by Crippen LogP contribution is 2.39. The van der Waals surface area contributed by atoms with Gasteiger partial charge < -0.3 is 9.64 Å². The van der Waals surface area contributed by atoms with Crippen LogP contribution in [0.15, 0.2) is 36.5 Å². The summed E-state index contributed by atoms with van der Waals surface area (Å²) in [6.45, 7) is 0.684. The van der Waals surface area contributed by atoms with Gasteiger partial charge in [0.25, 0.3) is 0 Å². The number of likely N-dealkylation sites (tertiary alicyclic amines) is 1. The van der Waals surface area contributed by atoms with Crippen LogP contribution in [0.2, 0.25) is 0 Å². The Bertz CT molecular complexity index is 956.